The zero-order chi connectivity index (χ0) is 15.6. The third-order valence-electron chi connectivity index (χ3n) is 3.57. The Morgan fingerprint density at radius 2 is 2.05 bits per heavy atom. The minimum absolute atomic E-state index is 0.261. The van der Waals surface area contributed by atoms with Crippen molar-refractivity contribution < 1.29 is 4.74 Å². The van der Waals surface area contributed by atoms with Crippen molar-refractivity contribution in [2.45, 2.75) is 46.7 Å². The Bertz CT molecular complexity index is 601. The van der Waals surface area contributed by atoms with Crippen LogP contribution in [0.3, 0.4) is 0 Å². The maximum Gasteiger partial charge on any atom is 0.183 e. The fourth-order valence-electron chi connectivity index (χ4n) is 2.80. The Balaban J connectivity index is 2.24. The molecule has 116 valence electrons. The lowest BCUT2D eigenvalue weighted by atomic mass is 10.2. The van der Waals surface area contributed by atoms with Crippen molar-refractivity contribution >= 4 is 16.5 Å². The van der Waals surface area contributed by atoms with E-state index in [-0.39, 0.29) is 6.04 Å². The highest BCUT2D eigenvalue weighted by atomic mass is 32.1. The Hall–Kier alpha value is -1.33. The molecule has 0 fully saturated rings. The molecule has 0 aliphatic rings. The largest absolute Gasteiger partial charge is 0.383 e. The average molecular weight is 307 g/mol. The second-order valence-electron chi connectivity index (χ2n) is 5.79. The van der Waals surface area contributed by atoms with Gasteiger partial charge < -0.3 is 14.6 Å². The highest BCUT2D eigenvalue weighted by Gasteiger charge is 2.15. The van der Waals surface area contributed by atoms with E-state index in [0.29, 0.717) is 12.6 Å². The van der Waals surface area contributed by atoms with E-state index >= 15 is 0 Å². The first-order valence-corrected chi connectivity index (χ1v) is 8.21. The van der Waals surface area contributed by atoms with Gasteiger partial charge in [-0.25, -0.2) is 4.98 Å². The zero-order valence-corrected chi connectivity index (χ0v) is 14.5. The number of nitrogens with zero attached hydrogens (tertiary/aromatic N) is 2. The Kier molecular flexibility index (Phi) is 5.06. The van der Waals surface area contributed by atoms with E-state index in [0.717, 1.165) is 10.8 Å². The number of hydrogen-bond donors (Lipinski definition) is 1. The van der Waals surface area contributed by atoms with Crippen LogP contribution in [0.5, 0.6) is 0 Å². The molecule has 2 rings (SSSR count). The molecule has 0 saturated heterocycles. The first-order chi connectivity index (χ1) is 9.93. The molecule has 1 atom stereocenters. The minimum Gasteiger partial charge on any atom is -0.383 e. The highest BCUT2D eigenvalue weighted by Crippen LogP contribution is 2.31. The van der Waals surface area contributed by atoms with Crippen LogP contribution in [0.4, 0.5) is 5.13 Å². The first-order valence-electron chi connectivity index (χ1n) is 7.33. The van der Waals surface area contributed by atoms with Crippen LogP contribution in [0.15, 0.2) is 11.4 Å². The number of ether oxygens (including phenoxy) is 1. The predicted octanol–water partition coefficient (Wildman–Crippen LogP) is 4.26. The summed E-state index contributed by atoms with van der Waals surface area (Å²) in [5.41, 5.74) is 4.84. The van der Waals surface area contributed by atoms with Gasteiger partial charge in [0.05, 0.1) is 12.3 Å². The number of aryl methyl sites for hydroxylation is 1. The SMILES string of the molecule is COCC(C)Nc1nc(-c2cc(C)n(C(C)C)c2C)cs1. The third kappa shape index (κ3) is 3.47. The van der Waals surface area contributed by atoms with Gasteiger partial charge in [0.25, 0.3) is 0 Å². The van der Waals surface area contributed by atoms with Gasteiger partial charge in [-0.2, -0.15) is 0 Å². The van der Waals surface area contributed by atoms with E-state index in [2.05, 4.69) is 55.9 Å². The minimum atomic E-state index is 0.261. The van der Waals surface area contributed by atoms with Gasteiger partial charge in [0, 0.05) is 41.5 Å². The van der Waals surface area contributed by atoms with E-state index < -0.39 is 0 Å². The molecular formula is C16H25N3OS. The van der Waals surface area contributed by atoms with Crippen LogP contribution in [0, 0.1) is 13.8 Å². The second-order valence-corrected chi connectivity index (χ2v) is 6.65. The summed E-state index contributed by atoms with van der Waals surface area (Å²) in [6, 6.07) is 2.96. The molecule has 1 N–H and O–H groups in total. The van der Waals surface area contributed by atoms with Crippen LogP contribution in [-0.4, -0.2) is 29.3 Å². The van der Waals surface area contributed by atoms with Crippen molar-refractivity contribution in [2.75, 3.05) is 19.0 Å². The summed E-state index contributed by atoms with van der Waals surface area (Å²) in [6.07, 6.45) is 0. The lowest BCUT2D eigenvalue weighted by Crippen LogP contribution is -2.20. The summed E-state index contributed by atoms with van der Waals surface area (Å²) in [6.45, 7) is 11.5. The number of aromatic nitrogens is 2. The van der Waals surface area contributed by atoms with Crippen LogP contribution in [0.2, 0.25) is 0 Å². The molecule has 4 nitrogen and oxygen atoms in total. The number of methoxy groups -OCH3 is 1. The van der Waals surface area contributed by atoms with Crippen LogP contribution in [-0.2, 0) is 4.74 Å². The van der Waals surface area contributed by atoms with E-state index in [1.807, 2.05) is 0 Å². The first kappa shape index (κ1) is 16.0. The molecule has 0 amide bonds. The van der Waals surface area contributed by atoms with Gasteiger partial charge in [-0.15, -0.1) is 11.3 Å². The predicted molar refractivity (Wildman–Crippen MR) is 90.4 cm³/mol. The number of anilines is 1. The Labute approximate surface area is 131 Å². The summed E-state index contributed by atoms with van der Waals surface area (Å²) in [4.78, 5) is 4.72. The summed E-state index contributed by atoms with van der Waals surface area (Å²) < 4.78 is 7.50. The van der Waals surface area contributed by atoms with Crippen molar-refractivity contribution in [2.24, 2.45) is 0 Å². The van der Waals surface area contributed by atoms with Crippen molar-refractivity contribution in [3.63, 3.8) is 0 Å². The van der Waals surface area contributed by atoms with E-state index in [9.17, 15) is 0 Å². The third-order valence-corrected chi connectivity index (χ3v) is 4.34. The van der Waals surface area contributed by atoms with E-state index in [4.69, 9.17) is 9.72 Å². The van der Waals surface area contributed by atoms with Crippen LogP contribution in [0.1, 0.15) is 38.2 Å². The average Bonchev–Trinajstić information content (AvgIpc) is 2.94. The van der Waals surface area contributed by atoms with Gasteiger partial charge in [0.15, 0.2) is 5.13 Å². The summed E-state index contributed by atoms with van der Waals surface area (Å²) >= 11 is 1.64. The van der Waals surface area contributed by atoms with Crippen molar-refractivity contribution in [3.8, 4) is 11.3 Å². The fourth-order valence-corrected chi connectivity index (χ4v) is 3.62. The Morgan fingerprint density at radius 3 is 2.62 bits per heavy atom. The van der Waals surface area contributed by atoms with Gasteiger partial charge >= 0.3 is 0 Å². The van der Waals surface area contributed by atoms with Gasteiger partial charge in [-0.05, 0) is 40.7 Å². The normalized spacial score (nSPS) is 12.9. The smallest absolute Gasteiger partial charge is 0.183 e. The quantitative estimate of drug-likeness (QED) is 0.867. The summed E-state index contributed by atoms with van der Waals surface area (Å²) in [7, 11) is 1.71. The molecule has 0 saturated carbocycles. The number of thiazole rings is 1. The molecule has 2 aromatic rings. The van der Waals surface area contributed by atoms with Crippen molar-refractivity contribution in [1.29, 1.82) is 0 Å². The molecule has 0 spiro atoms. The fraction of sp³-hybridized carbons (Fsp3) is 0.562. The van der Waals surface area contributed by atoms with Crippen molar-refractivity contribution in [3.05, 3.63) is 22.8 Å². The van der Waals surface area contributed by atoms with E-state index in [1.165, 1.54) is 17.0 Å². The summed E-state index contributed by atoms with van der Waals surface area (Å²) in [5, 5.41) is 6.44. The standard InChI is InChI=1S/C16H25N3OS/c1-10(2)19-12(4)7-14(13(19)5)15-9-21-16(18-15)17-11(3)8-20-6/h7,9-11H,8H2,1-6H3,(H,17,18). The highest BCUT2D eigenvalue weighted by molar-refractivity contribution is 7.14. The second kappa shape index (κ2) is 6.62. The Morgan fingerprint density at radius 1 is 1.33 bits per heavy atom. The molecule has 2 heterocycles. The zero-order valence-electron chi connectivity index (χ0n) is 13.7. The number of nitrogens with one attached hydrogen (secondary N) is 1. The van der Waals surface area contributed by atoms with Crippen molar-refractivity contribution in [1.82, 2.24) is 9.55 Å². The van der Waals surface area contributed by atoms with E-state index in [1.54, 1.807) is 18.4 Å². The molecule has 1 unspecified atom stereocenters. The monoisotopic (exact) mass is 307 g/mol. The molecule has 0 aliphatic carbocycles. The van der Waals surface area contributed by atoms with Crippen LogP contribution >= 0.6 is 11.3 Å². The molecule has 0 aromatic carbocycles. The van der Waals surface area contributed by atoms with Gasteiger partial charge in [-0.1, -0.05) is 0 Å². The molecule has 21 heavy (non-hydrogen) atoms. The maximum atomic E-state index is 5.14. The maximum absolute atomic E-state index is 5.14. The lowest BCUT2D eigenvalue weighted by Gasteiger charge is -2.13. The molecule has 5 heteroatoms. The number of rotatable bonds is 6. The van der Waals surface area contributed by atoms with Crippen LogP contribution < -0.4 is 5.32 Å². The topological polar surface area (TPSA) is 39.1 Å². The summed E-state index contributed by atoms with van der Waals surface area (Å²) in [5.74, 6) is 0. The molecule has 0 bridgehead atoms. The van der Waals surface area contributed by atoms with Gasteiger partial charge in [-0.3, -0.25) is 0 Å². The number of hydrogen-bond acceptors (Lipinski definition) is 4. The van der Waals surface area contributed by atoms with Gasteiger partial charge in [0.1, 0.15) is 0 Å². The molecular weight excluding hydrogens is 282 g/mol. The molecule has 2 aromatic heterocycles. The van der Waals surface area contributed by atoms with Gasteiger partial charge in [0.2, 0.25) is 0 Å². The van der Waals surface area contributed by atoms with Crippen LogP contribution in [0.25, 0.3) is 11.3 Å². The lowest BCUT2D eigenvalue weighted by molar-refractivity contribution is 0.190. The molecule has 0 aliphatic heterocycles. The molecule has 0 radical (unpaired) electrons.